The number of nitrogens with one attached hydrogen (secondary N) is 2. The lowest BCUT2D eigenvalue weighted by molar-refractivity contribution is 0.0512. The fraction of sp³-hybridized carbons (Fsp3) is 0.533. The van der Waals surface area contributed by atoms with Gasteiger partial charge in [0, 0.05) is 24.1 Å². The van der Waals surface area contributed by atoms with Crippen molar-refractivity contribution in [3.05, 3.63) is 33.8 Å². The van der Waals surface area contributed by atoms with Crippen LogP contribution < -0.4 is 10.6 Å². The number of benzene rings is 1. The van der Waals surface area contributed by atoms with Crippen molar-refractivity contribution in [2.45, 2.75) is 12.8 Å². The molecule has 124 valence electrons. The second-order valence-electron chi connectivity index (χ2n) is 5.49. The molecular formula is C15H21Cl3N2O2. The van der Waals surface area contributed by atoms with E-state index in [1.54, 1.807) is 25.3 Å². The quantitative estimate of drug-likeness (QED) is 0.840. The van der Waals surface area contributed by atoms with Gasteiger partial charge in [-0.2, -0.15) is 0 Å². The van der Waals surface area contributed by atoms with Crippen LogP contribution in [0.4, 0.5) is 0 Å². The first-order chi connectivity index (χ1) is 10.1. The van der Waals surface area contributed by atoms with Crippen LogP contribution in [0.2, 0.25) is 10.0 Å². The highest BCUT2D eigenvalue weighted by Gasteiger charge is 2.32. The Bertz CT molecular complexity index is 500. The molecule has 1 aliphatic heterocycles. The van der Waals surface area contributed by atoms with Gasteiger partial charge in [0.2, 0.25) is 0 Å². The third-order valence-electron chi connectivity index (χ3n) is 3.91. The molecule has 4 nitrogen and oxygen atoms in total. The normalized spacial score (nSPS) is 16.7. The number of hydrogen-bond acceptors (Lipinski definition) is 3. The summed E-state index contributed by atoms with van der Waals surface area (Å²) < 4.78 is 5.34. The SMILES string of the molecule is COCC1(CNC(=O)c2cc(Cl)ccc2Cl)CCNCC1.Cl. The minimum Gasteiger partial charge on any atom is -0.384 e. The monoisotopic (exact) mass is 366 g/mol. The lowest BCUT2D eigenvalue weighted by atomic mass is 9.79. The summed E-state index contributed by atoms with van der Waals surface area (Å²) in [6.45, 7) is 3.09. The molecule has 1 amide bonds. The molecule has 1 fully saturated rings. The Morgan fingerprint density at radius 2 is 2.05 bits per heavy atom. The van der Waals surface area contributed by atoms with Crippen molar-refractivity contribution >= 4 is 41.5 Å². The topological polar surface area (TPSA) is 50.4 Å². The summed E-state index contributed by atoms with van der Waals surface area (Å²) in [5.74, 6) is -0.198. The highest BCUT2D eigenvalue weighted by molar-refractivity contribution is 6.35. The fourth-order valence-corrected chi connectivity index (χ4v) is 3.05. The molecule has 22 heavy (non-hydrogen) atoms. The molecule has 0 spiro atoms. The van der Waals surface area contributed by atoms with E-state index in [4.69, 9.17) is 27.9 Å². The van der Waals surface area contributed by atoms with Gasteiger partial charge >= 0.3 is 0 Å². The predicted molar refractivity (Wildman–Crippen MR) is 92.5 cm³/mol. The molecule has 0 unspecified atom stereocenters. The van der Waals surface area contributed by atoms with Crippen molar-refractivity contribution in [2.75, 3.05) is 33.4 Å². The molecule has 1 aromatic carbocycles. The smallest absolute Gasteiger partial charge is 0.252 e. The van der Waals surface area contributed by atoms with Crippen LogP contribution in [-0.2, 0) is 4.74 Å². The van der Waals surface area contributed by atoms with Gasteiger partial charge < -0.3 is 15.4 Å². The number of halogens is 3. The standard InChI is InChI=1S/C15H20Cl2N2O2.ClH/c1-21-10-15(4-6-18-7-5-15)9-19-14(20)12-8-11(16)2-3-13(12)17;/h2-3,8,18H,4-7,9-10H2,1H3,(H,19,20);1H. The van der Waals surface area contributed by atoms with Crippen LogP contribution in [0.3, 0.4) is 0 Å². The predicted octanol–water partition coefficient (Wildman–Crippen LogP) is 3.16. The number of hydrogen-bond donors (Lipinski definition) is 2. The van der Waals surface area contributed by atoms with E-state index in [1.807, 2.05) is 0 Å². The van der Waals surface area contributed by atoms with E-state index >= 15 is 0 Å². The van der Waals surface area contributed by atoms with Gasteiger partial charge in [0.25, 0.3) is 5.91 Å². The molecule has 0 aromatic heterocycles. The number of carbonyl (C=O) groups is 1. The number of rotatable bonds is 5. The summed E-state index contributed by atoms with van der Waals surface area (Å²) in [5.41, 5.74) is 0.395. The lowest BCUT2D eigenvalue weighted by Crippen LogP contribution is -2.47. The largest absolute Gasteiger partial charge is 0.384 e. The van der Waals surface area contributed by atoms with Crippen molar-refractivity contribution in [1.82, 2.24) is 10.6 Å². The molecule has 0 radical (unpaired) electrons. The molecule has 1 heterocycles. The maximum absolute atomic E-state index is 12.3. The van der Waals surface area contributed by atoms with Crippen LogP contribution >= 0.6 is 35.6 Å². The average molecular weight is 368 g/mol. The number of methoxy groups -OCH3 is 1. The van der Waals surface area contributed by atoms with E-state index < -0.39 is 0 Å². The number of piperidine rings is 1. The van der Waals surface area contributed by atoms with Crippen molar-refractivity contribution in [2.24, 2.45) is 5.41 Å². The number of amides is 1. The van der Waals surface area contributed by atoms with Crippen LogP contribution in [-0.4, -0.2) is 39.3 Å². The van der Waals surface area contributed by atoms with Gasteiger partial charge in [0.15, 0.2) is 0 Å². The van der Waals surface area contributed by atoms with Crippen LogP contribution in [0.25, 0.3) is 0 Å². The summed E-state index contributed by atoms with van der Waals surface area (Å²) >= 11 is 12.0. The van der Waals surface area contributed by atoms with Crippen molar-refractivity contribution < 1.29 is 9.53 Å². The summed E-state index contributed by atoms with van der Waals surface area (Å²) in [7, 11) is 1.69. The maximum atomic E-state index is 12.3. The second-order valence-corrected chi connectivity index (χ2v) is 6.33. The Morgan fingerprint density at radius 3 is 2.68 bits per heavy atom. The summed E-state index contributed by atoms with van der Waals surface area (Å²) in [5, 5.41) is 7.20. The fourth-order valence-electron chi connectivity index (χ4n) is 2.67. The molecule has 0 aliphatic carbocycles. The van der Waals surface area contributed by atoms with E-state index in [-0.39, 0.29) is 23.7 Å². The van der Waals surface area contributed by atoms with Crippen molar-refractivity contribution in [3.8, 4) is 0 Å². The third kappa shape index (κ3) is 5.00. The van der Waals surface area contributed by atoms with Crippen LogP contribution in [0.1, 0.15) is 23.2 Å². The van der Waals surface area contributed by atoms with Gasteiger partial charge in [0.05, 0.1) is 17.2 Å². The third-order valence-corrected chi connectivity index (χ3v) is 4.48. The lowest BCUT2D eigenvalue weighted by Gasteiger charge is -2.37. The maximum Gasteiger partial charge on any atom is 0.252 e. The molecule has 1 saturated heterocycles. The van der Waals surface area contributed by atoms with Crippen LogP contribution in [0, 0.1) is 5.41 Å². The first-order valence-corrected chi connectivity index (χ1v) is 7.75. The van der Waals surface area contributed by atoms with Crippen molar-refractivity contribution in [3.63, 3.8) is 0 Å². The van der Waals surface area contributed by atoms with Gasteiger partial charge in [0.1, 0.15) is 0 Å². The summed E-state index contributed by atoms with van der Waals surface area (Å²) in [6, 6.07) is 4.89. The van der Waals surface area contributed by atoms with Gasteiger partial charge in [-0.3, -0.25) is 4.79 Å². The van der Waals surface area contributed by atoms with Gasteiger partial charge in [-0.15, -0.1) is 12.4 Å². The zero-order valence-electron chi connectivity index (χ0n) is 12.5. The number of carbonyl (C=O) groups excluding carboxylic acids is 1. The molecule has 0 saturated carbocycles. The minimum absolute atomic E-state index is 0. The van der Waals surface area contributed by atoms with Gasteiger partial charge in [-0.25, -0.2) is 0 Å². The Kier molecular flexibility index (Phi) is 7.94. The van der Waals surface area contributed by atoms with Gasteiger partial charge in [-0.05, 0) is 44.1 Å². The molecule has 1 aliphatic rings. The Morgan fingerprint density at radius 1 is 1.36 bits per heavy atom. The van der Waals surface area contributed by atoms with E-state index in [0.717, 1.165) is 25.9 Å². The summed E-state index contributed by atoms with van der Waals surface area (Å²) in [4.78, 5) is 12.3. The molecule has 2 rings (SSSR count). The Balaban J connectivity index is 0.00000242. The molecular weight excluding hydrogens is 347 g/mol. The van der Waals surface area contributed by atoms with Crippen molar-refractivity contribution in [1.29, 1.82) is 0 Å². The average Bonchev–Trinajstić information content (AvgIpc) is 2.49. The Labute approximate surface area is 147 Å². The first-order valence-electron chi connectivity index (χ1n) is 6.99. The molecule has 2 N–H and O–H groups in total. The highest BCUT2D eigenvalue weighted by Crippen LogP contribution is 2.28. The second kappa shape index (κ2) is 8.94. The molecule has 1 aromatic rings. The van der Waals surface area contributed by atoms with E-state index in [0.29, 0.717) is 28.8 Å². The van der Waals surface area contributed by atoms with E-state index in [1.165, 1.54) is 0 Å². The van der Waals surface area contributed by atoms with Crippen LogP contribution in [0.15, 0.2) is 18.2 Å². The summed E-state index contributed by atoms with van der Waals surface area (Å²) in [6.07, 6.45) is 1.95. The zero-order chi connectivity index (χ0) is 15.3. The minimum atomic E-state index is -0.198. The molecule has 0 atom stereocenters. The van der Waals surface area contributed by atoms with Crippen LogP contribution in [0.5, 0.6) is 0 Å². The van der Waals surface area contributed by atoms with E-state index in [2.05, 4.69) is 10.6 Å². The zero-order valence-corrected chi connectivity index (χ0v) is 14.8. The molecule has 0 bridgehead atoms. The highest BCUT2D eigenvalue weighted by atomic mass is 35.5. The first kappa shape index (κ1) is 19.5. The number of ether oxygens (including phenoxy) is 1. The van der Waals surface area contributed by atoms with E-state index in [9.17, 15) is 4.79 Å². The van der Waals surface area contributed by atoms with Gasteiger partial charge in [-0.1, -0.05) is 23.2 Å². The molecule has 7 heteroatoms. The Hall–Kier alpha value is -0.520.